The molecule has 0 saturated carbocycles. The molecule has 0 atom stereocenters. The highest BCUT2D eigenvalue weighted by Crippen LogP contribution is 2.41. The molecule has 1 spiro atoms. The van der Waals surface area contributed by atoms with E-state index in [0.717, 1.165) is 50.2 Å². The molecule has 2 aromatic rings. The summed E-state index contributed by atoms with van der Waals surface area (Å²) in [6.45, 7) is 10.6. The molecular weight excluding hydrogens is 410 g/mol. The van der Waals surface area contributed by atoms with Crippen molar-refractivity contribution in [1.29, 1.82) is 0 Å². The van der Waals surface area contributed by atoms with Crippen LogP contribution in [-0.2, 0) is 24.3 Å². The van der Waals surface area contributed by atoms with Gasteiger partial charge >= 0.3 is 0 Å². The van der Waals surface area contributed by atoms with Crippen molar-refractivity contribution in [2.24, 2.45) is 5.92 Å². The lowest BCUT2D eigenvalue weighted by Gasteiger charge is -2.45. The average molecular weight is 450 g/mol. The molecule has 2 fully saturated rings. The van der Waals surface area contributed by atoms with Crippen LogP contribution in [0.5, 0.6) is 5.75 Å². The van der Waals surface area contributed by atoms with Gasteiger partial charge in [-0.05, 0) is 74.1 Å². The summed E-state index contributed by atoms with van der Waals surface area (Å²) in [6.07, 6.45) is 3.72. The van der Waals surface area contributed by atoms with Gasteiger partial charge in [-0.3, -0.25) is 9.80 Å². The van der Waals surface area contributed by atoms with Gasteiger partial charge in [-0.25, -0.2) is 5.01 Å². The zero-order valence-electron chi connectivity index (χ0n) is 20.7. The summed E-state index contributed by atoms with van der Waals surface area (Å²) in [5.41, 5.74) is 3.67. The fourth-order valence-electron chi connectivity index (χ4n) is 4.93. The lowest BCUT2D eigenvalue weighted by Crippen LogP contribution is -2.54. The highest BCUT2D eigenvalue weighted by Gasteiger charge is 2.50. The lowest BCUT2D eigenvalue weighted by molar-refractivity contribution is -0.145. The van der Waals surface area contributed by atoms with Gasteiger partial charge in [0.15, 0.2) is 0 Å². The van der Waals surface area contributed by atoms with Crippen LogP contribution in [0.15, 0.2) is 48.5 Å². The number of amides is 1. The first-order chi connectivity index (χ1) is 15.9. The minimum atomic E-state index is -0.0761. The molecule has 5 nitrogen and oxygen atoms in total. The third kappa shape index (κ3) is 5.59. The summed E-state index contributed by atoms with van der Waals surface area (Å²) in [5, 5.41) is 4.41. The standard InChI is InChI=1S/C28H39N3O2/c1-5-23-6-8-25(9-7-23)20-31-28(14-16-29(4)17-15-28)18-27(32)30(31)19-24-10-12-26(13-11-24)33-21-22(2)3/h6-13,22H,5,14-21H2,1-4H3. The molecule has 1 amide bonds. The number of benzene rings is 2. The number of hydrogen-bond donors (Lipinski definition) is 0. The highest BCUT2D eigenvalue weighted by molar-refractivity contribution is 5.79. The molecule has 5 heteroatoms. The maximum atomic E-state index is 13.3. The first kappa shape index (κ1) is 23.8. The molecule has 2 aliphatic rings. The molecular formula is C28H39N3O2. The van der Waals surface area contributed by atoms with Crippen molar-refractivity contribution >= 4 is 5.91 Å². The van der Waals surface area contributed by atoms with Crippen LogP contribution in [0.25, 0.3) is 0 Å². The third-order valence-corrected chi connectivity index (χ3v) is 7.13. The summed E-state index contributed by atoms with van der Waals surface area (Å²) in [7, 11) is 2.18. The van der Waals surface area contributed by atoms with Gasteiger partial charge in [0.25, 0.3) is 0 Å². The molecule has 0 N–H and O–H groups in total. The number of aryl methyl sites for hydroxylation is 1. The topological polar surface area (TPSA) is 36.0 Å². The average Bonchev–Trinajstić information content (AvgIpc) is 3.06. The predicted octanol–water partition coefficient (Wildman–Crippen LogP) is 4.90. The van der Waals surface area contributed by atoms with Gasteiger partial charge < -0.3 is 9.64 Å². The predicted molar refractivity (Wildman–Crippen MR) is 133 cm³/mol. The van der Waals surface area contributed by atoms with E-state index in [2.05, 4.69) is 74.1 Å². The van der Waals surface area contributed by atoms with Crippen LogP contribution in [-0.4, -0.2) is 53.1 Å². The Morgan fingerprint density at radius 3 is 2.09 bits per heavy atom. The molecule has 4 rings (SSSR count). The zero-order valence-corrected chi connectivity index (χ0v) is 20.7. The number of hydrazine groups is 1. The van der Waals surface area contributed by atoms with Crippen molar-refractivity contribution < 1.29 is 9.53 Å². The minimum Gasteiger partial charge on any atom is -0.493 e. The molecule has 2 heterocycles. The van der Waals surface area contributed by atoms with Crippen LogP contribution in [0.2, 0.25) is 0 Å². The molecule has 0 bridgehead atoms. The molecule has 2 saturated heterocycles. The van der Waals surface area contributed by atoms with E-state index >= 15 is 0 Å². The first-order valence-corrected chi connectivity index (χ1v) is 12.4. The fourth-order valence-corrected chi connectivity index (χ4v) is 4.93. The third-order valence-electron chi connectivity index (χ3n) is 7.13. The Bertz CT molecular complexity index is 915. The monoisotopic (exact) mass is 449 g/mol. The molecule has 0 aromatic heterocycles. The quantitative estimate of drug-likeness (QED) is 0.574. The molecule has 2 aromatic carbocycles. The Labute approximate surface area is 199 Å². The number of carbonyl (C=O) groups is 1. The van der Waals surface area contributed by atoms with Crippen LogP contribution in [0.3, 0.4) is 0 Å². The van der Waals surface area contributed by atoms with E-state index < -0.39 is 0 Å². The van der Waals surface area contributed by atoms with Gasteiger partial charge in [0, 0.05) is 13.0 Å². The largest absolute Gasteiger partial charge is 0.493 e. The Kier molecular flexibility index (Phi) is 7.40. The number of carbonyl (C=O) groups excluding carboxylic acids is 1. The Hall–Kier alpha value is -2.37. The maximum Gasteiger partial charge on any atom is 0.239 e. The Morgan fingerprint density at radius 2 is 1.48 bits per heavy atom. The van der Waals surface area contributed by atoms with E-state index in [9.17, 15) is 4.79 Å². The summed E-state index contributed by atoms with van der Waals surface area (Å²) < 4.78 is 5.84. The van der Waals surface area contributed by atoms with Crippen molar-refractivity contribution in [3.05, 3.63) is 65.2 Å². The van der Waals surface area contributed by atoms with Gasteiger partial charge in [-0.1, -0.05) is 57.2 Å². The van der Waals surface area contributed by atoms with E-state index in [0.29, 0.717) is 25.5 Å². The molecule has 2 aliphatic heterocycles. The summed E-state index contributed by atoms with van der Waals surface area (Å²) in [4.78, 5) is 15.7. The van der Waals surface area contributed by atoms with Crippen LogP contribution >= 0.6 is 0 Å². The summed E-state index contributed by atoms with van der Waals surface area (Å²) in [6, 6.07) is 17.1. The Balaban J connectivity index is 1.54. The van der Waals surface area contributed by atoms with Crippen molar-refractivity contribution in [2.75, 3.05) is 26.7 Å². The smallest absolute Gasteiger partial charge is 0.239 e. The Morgan fingerprint density at radius 1 is 0.909 bits per heavy atom. The first-order valence-electron chi connectivity index (χ1n) is 12.4. The van der Waals surface area contributed by atoms with Crippen LogP contribution in [0.1, 0.15) is 56.7 Å². The van der Waals surface area contributed by atoms with Crippen molar-refractivity contribution in [1.82, 2.24) is 14.9 Å². The SMILES string of the molecule is CCc1ccc(CN2N(Cc3ccc(OCC(C)C)cc3)C(=O)CC23CCN(C)CC3)cc1. The van der Waals surface area contributed by atoms with Gasteiger partial charge in [-0.15, -0.1) is 0 Å². The lowest BCUT2D eigenvalue weighted by atomic mass is 9.84. The van der Waals surface area contributed by atoms with E-state index in [1.165, 1.54) is 11.1 Å². The number of piperidine rings is 1. The van der Waals surface area contributed by atoms with Crippen LogP contribution in [0.4, 0.5) is 0 Å². The van der Waals surface area contributed by atoms with Gasteiger partial charge in [0.2, 0.25) is 5.91 Å². The van der Waals surface area contributed by atoms with Gasteiger partial charge in [-0.2, -0.15) is 0 Å². The van der Waals surface area contributed by atoms with E-state index in [1.807, 2.05) is 17.1 Å². The number of likely N-dealkylation sites (tertiary alicyclic amines) is 1. The fraction of sp³-hybridized carbons (Fsp3) is 0.536. The summed E-state index contributed by atoms with van der Waals surface area (Å²) in [5.74, 6) is 1.63. The summed E-state index contributed by atoms with van der Waals surface area (Å²) >= 11 is 0. The maximum absolute atomic E-state index is 13.3. The van der Waals surface area contributed by atoms with Gasteiger partial charge in [0.05, 0.1) is 18.7 Å². The van der Waals surface area contributed by atoms with E-state index in [4.69, 9.17) is 4.74 Å². The zero-order chi connectivity index (χ0) is 23.4. The van der Waals surface area contributed by atoms with Crippen molar-refractivity contribution in [3.8, 4) is 5.75 Å². The number of rotatable bonds is 8. The van der Waals surface area contributed by atoms with Crippen molar-refractivity contribution in [2.45, 2.75) is 65.1 Å². The highest BCUT2D eigenvalue weighted by atomic mass is 16.5. The van der Waals surface area contributed by atoms with E-state index in [1.54, 1.807) is 0 Å². The normalized spacial score (nSPS) is 19.1. The number of nitrogens with zero attached hydrogens (tertiary/aromatic N) is 3. The van der Waals surface area contributed by atoms with Crippen LogP contribution < -0.4 is 4.74 Å². The molecule has 0 unspecified atom stereocenters. The van der Waals surface area contributed by atoms with Crippen molar-refractivity contribution in [3.63, 3.8) is 0 Å². The molecule has 0 aliphatic carbocycles. The number of ether oxygens (including phenoxy) is 1. The second-order valence-corrected chi connectivity index (χ2v) is 10.2. The minimum absolute atomic E-state index is 0.0761. The van der Waals surface area contributed by atoms with Crippen LogP contribution in [0, 0.1) is 5.92 Å². The second kappa shape index (κ2) is 10.3. The number of hydrogen-bond acceptors (Lipinski definition) is 4. The molecule has 33 heavy (non-hydrogen) atoms. The second-order valence-electron chi connectivity index (χ2n) is 10.2. The molecule has 0 radical (unpaired) electrons. The van der Waals surface area contributed by atoms with E-state index in [-0.39, 0.29) is 11.4 Å². The molecule has 178 valence electrons. The van der Waals surface area contributed by atoms with Gasteiger partial charge in [0.1, 0.15) is 5.75 Å².